The second kappa shape index (κ2) is 11.5. The molecule has 1 unspecified atom stereocenters. The van der Waals surface area contributed by atoms with Crippen LogP contribution in [0, 0.1) is 6.92 Å². The molecule has 0 heterocycles. The first-order chi connectivity index (χ1) is 17.0. The summed E-state index contributed by atoms with van der Waals surface area (Å²) in [6.07, 6.45) is 2.82. The van der Waals surface area contributed by atoms with Gasteiger partial charge in [0.05, 0.1) is 0 Å². The minimum atomic E-state index is -0.110. The maximum atomic E-state index is 6.64. The van der Waals surface area contributed by atoms with Gasteiger partial charge in [0.15, 0.2) is 0 Å². The summed E-state index contributed by atoms with van der Waals surface area (Å²) in [7, 11) is 2.41. The Morgan fingerprint density at radius 2 is 1.46 bits per heavy atom. The lowest BCUT2D eigenvalue weighted by atomic mass is 9.95. The van der Waals surface area contributed by atoms with Crippen molar-refractivity contribution in [3.63, 3.8) is 0 Å². The van der Waals surface area contributed by atoms with Gasteiger partial charge >= 0.3 is 0 Å². The number of aliphatic imine (C=N–C) groups is 1. The molecular formula is C32H34NOP. The Labute approximate surface area is 211 Å². The predicted molar refractivity (Wildman–Crippen MR) is 152 cm³/mol. The summed E-state index contributed by atoms with van der Waals surface area (Å²) in [6.45, 7) is 7.42. The molecule has 35 heavy (non-hydrogen) atoms. The molecule has 3 heteroatoms. The predicted octanol–water partition coefficient (Wildman–Crippen LogP) is 7.45. The number of aryl methyl sites for hydroxylation is 1. The van der Waals surface area contributed by atoms with E-state index in [4.69, 9.17) is 4.74 Å². The molecule has 0 radical (unpaired) electrons. The van der Waals surface area contributed by atoms with E-state index in [1.165, 1.54) is 38.7 Å². The highest BCUT2D eigenvalue weighted by Crippen LogP contribution is 2.46. The maximum Gasteiger partial charge on any atom is 0.127 e. The molecule has 4 aromatic rings. The van der Waals surface area contributed by atoms with Crippen LogP contribution < -0.4 is 10.0 Å². The van der Waals surface area contributed by atoms with Crippen molar-refractivity contribution in [1.82, 2.24) is 0 Å². The minimum absolute atomic E-state index is 0.110. The first-order valence-electron chi connectivity index (χ1n) is 12.1. The van der Waals surface area contributed by atoms with Gasteiger partial charge in [0.2, 0.25) is 0 Å². The van der Waals surface area contributed by atoms with E-state index >= 15 is 0 Å². The quantitative estimate of drug-likeness (QED) is 0.180. The molecule has 4 aromatic carbocycles. The van der Waals surface area contributed by atoms with Crippen LogP contribution in [0.3, 0.4) is 0 Å². The number of benzene rings is 4. The Morgan fingerprint density at radius 3 is 2.14 bits per heavy atom. The summed E-state index contributed by atoms with van der Waals surface area (Å²) < 4.78 is 6.64. The molecule has 0 saturated carbocycles. The standard InChI is InChI=1S/C32H34NOP/c1-24-13-11-19-28(22-33-4)31(24)35-32(2,3)29-20-12-18-27(21-25-14-7-5-8-15-25)30(29)34-23-26-16-9-6-10-17-26/h5-20,22,35H,21,23H2,1-4H3. The Kier molecular flexibility index (Phi) is 8.16. The van der Waals surface area contributed by atoms with Crippen molar-refractivity contribution in [3.05, 3.63) is 130 Å². The molecule has 0 aliphatic carbocycles. The first kappa shape index (κ1) is 24.9. The van der Waals surface area contributed by atoms with Gasteiger partial charge in [0.25, 0.3) is 0 Å². The third-order valence-corrected chi connectivity index (χ3v) is 8.07. The average molecular weight is 480 g/mol. The fraction of sp³-hybridized carbons (Fsp3) is 0.219. The van der Waals surface area contributed by atoms with E-state index < -0.39 is 0 Å². The van der Waals surface area contributed by atoms with Gasteiger partial charge in [-0.25, -0.2) is 0 Å². The number of hydrogen-bond acceptors (Lipinski definition) is 2. The zero-order valence-corrected chi connectivity index (χ0v) is 22.1. The molecule has 0 spiro atoms. The van der Waals surface area contributed by atoms with Crippen molar-refractivity contribution in [2.75, 3.05) is 7.05 Å². The molecule has 0 aliphatic heterocycles. The maximum absolute atomic E-state index is 6.64. The van der Waals surface area contributed by atoms with Crippen LogP contribution in [0.15, 0.2) is 102 Å². The van der Waals surface area contributed by atoms with Crippen molar-refractivity contribution < 1.29 is 4.74 Å². The highest BCUT2D eigenvalue weighted by atomic mass is 31.1. The molecule has 178 valence electrons. The normalized spacial score (nSPS) is 12.0. The lowest BCUT2D eigenvalue weighted by molar-refractivity contribution is 0.298. The zero-order valence-electron chi connectivity index (χ0n) is 21.1. The molecule has 0 amide bonds. The van der Waals surface area contributed by atoms with Crippen LogP contribution in [0.1, 0.15) is 47.2 Å². The molecule has 1 atom stereocenters. The molecule has 0 fully saturated rings. The second-order valence-corrected chi connectivity index (χ2v) is 11.4. The summed E-state index contributed by atoms with van der Waals surface area (Å²) in [6, 6.07) is 34.2. The largest absolute Gasteiger partial charge is 0.488 e. The highest BCUT2D eigenvalue weighted by molar-refractivity contribution is 7.48. The van der Waals surface area contributed by atoms with Crippen LogP contribution in [0.25, 0.3) is 0 Å². The third-order valence-electron chi connectivity index (χ3n) is 6.24. The van der Waals surface area contributed by atoms with E-state index in [1.54, 1.807) is 0 Å². The van der Waals surface area contributed by atoms with Crippen molar-refractivity contribution in [3.8, 4) is 5.75 Å². The van der Waals surface area contributed by atoms with Crippen molar-refractivity contribution >= 4 is 20.1 Å². The number of ether oxygens (including phenoxy) is 1. The average Bonchev–Trinajstić information content (AvgIpc) is 2.86. The van der Waals surface area contributed by atoms with Gasteiger partial charge in [0.1, 0.15) is 12.4 Å². The van der Waals surface area contributed by atoms with E-state index in [2.05, 4.69) is 117 Å². The van der Waals surface area contributed by atoms with Crippen LogP contribution in [-0.4, -0.2) is 13.3 Å². The Hall–Kier alpha value is -3.22. The summed E-state index contributed by atoms with van der Waals surface area (Å²) in [5.41, 5.74) is 7.45. The lowest BCUT2D eigenvalue weighted by Crippen LogP contribution is -2.20. The SMILES string of the molecule is CN=Cc1cccc(C)c1PC(C)(C)c1cccc(Cc2ccccc2)c1OCc1ccccc1. The van der Waals surface area contributed by atoms with Gasteiger partial charge in [-0.3, -0.25) is 4.99 Å². The molecule has 4 rings (SSSR count). The number of nitrogens with zero attached hydrogens (tertiary/aromatic N) is 1. The minimum Gasteiger partial charge on any atom is -0.488 e. The Morgan fingerprint density at radius 1 is 0.800 bits per heavy atom. The van der Waals surface area contributed by atoms with Gasteiger partial charge in [-0.2, -0.15) is 0 Å². The highest BCUT2D eigenvalue weighted by Gasteiger charge is 2.28. The topological polar surface area (TPSA) is 21.6 Å². The van der Waals surface area contributed by atoms with E-state index in [0.717, 1.165) is 12.2 Å². The summed E-state index contributed by atoms with van der Waals surface area (Å²) in [4.78, 5) is 4.31. The van der Waals surface area contributed by atoms with Gasteiger partial charge in [0, 0.05) is 30.4 Å². The number of hydrogen-bond donors (Lipinski definition) is 0. The van der Waals surface area contributed by atoms with Crippen LogP contribution in [0.5, 0.6) is 5.75 Å². The summed E-state index contributed by atoms with van der Waals surface area (Å²) >= 11 is 0. The van der Waals surface area contributed by atoms with Gasteiger partial charge in [-0.05, 0) is 40.0 Å². The van der Waals surface area contributed by atoms with E-state index in [-0.39, 0.29) is 5.16 Å². The van der Waals surface area contributed by atoms with Crippen LogP contribution >= 0.6 is 8.58 Å². The van der Waals surface area contributed by atoms with Crippen LogP contribution in [-0.2, 0) is 18.2 Å². The van der Waals surface area contributed by atoms with Gasteiger partial charge in [-0.1, -0.05) is 119 Å². The van der Waals surface area contributed by atoms with Crippen LogP contribution in [0.2, 0.25) is 0 Å². The van der Waals surface area contributed by atoms with Crippen molar-refractivity contribution in [2.24, 2.45) is 4.99 Å². The molecule has 0 N–H and O–H groups in total. The molecular weight excluding hydrogens is 445 g/mol. The number of rotatable bonds is 9. The Balaban J connectivity index is 1.74. The molecule has 0 aromatic heterocycles. The fourth-order valence-corrected chi connectivity index (χ4v) is 5.95. The summed E-state index contributed by atoms with van der Waals surface area (Å²) in [5.74, 6) is 1.01. The van der Waals surface area contributed by atoms with Crippen molar-refractivity contribution in [2.45, 2.75) is 39.0 Å². The first-order valence-corrected chi connectivity index (χ1v) is 13.1. The fourth-order valence-electron chi connectivity index (χ4n) is 4.42. The Bertz CT molecular complexity index is 1280. The summed E-state index contributed by atoms with van der Waals surface area (Å²) in [5, 5.41) is 1.26. The second-order valence-electron chi connectivity index (χ2n) is 9.41. The molecule has 0 bridgehead atoms. The third kappa shape index (κ3) is 6.27. The molecule has 2 nitrogen and oxygen atoms in total. The van der Waals surface area contributed by atoms with E-state index in [1.807, 2.05) is 19.3 Å². The van der Waals surface area contributed by atoms with Crippen molar-refractivity contribution in [1.29, 1.82) is 0 Å². The van der Waals surface area contributed by atoms with E-state index in [9.17, 15) is 0 Å². The van der Waals surface area contributed by atoms with E-state index in [0.29, 0.717) is 15.2 Å². The van der Waals surface area contributed by atoms with Gasteiger partial charge < -0.3 is 4.74 Å². The number of para-hydroxylation sites is 1. The molecule has 0 saturated heterocycles. The monoisotopic (exact) mass is 479 g/mol. The zero-order chi connectivity index (χ0) is 24.7. The lowest BCUT2D eigenvalue weighted by Gasteiger charge is -2.30. The molecule has 0 aliphatic rings. The van der Waals surface area contributed by atoms with Crippen LogP contribution in [0.4, 0.5) is 0 Å². The smallest absolute Gasteiger partial charge is 0.127 e. The van der Waals surface area contributed by atoms with Gasteiger partial charge in [-0.15, -0.1) is 0 Å².